The molecule has 0 radical (unpaired) electrons. The molecule has 0 unspecified atom stereocenters. The Balaban J connectivity index is 1.85. The van der Waals surface area contributed by atoms with Crippen LogP contribution in [0.2, 0.25) is 0 Å². The highest BCUT2D eigenvalue weighted by molar-refractivity contribution is 5.97. The zero-order chi connectivity index (χ0) is 16.6. The van der Waals surface area contributed by atoms with Gasteiger partial charge in [-0.1, -0.05) is 19.9 Å². The molecule has 4 aliphatic carbocycles. The molecule has 5 atom stereocenters. The number of ketones is 2. The van der Waals surface area contributed by atoms with E-state index >= 15 is 0 Å². The lowest BCUT2D eigenvalue weighted by Gasteiger charge is -2.55. The molecule has 0 aromatic rings. The Morgan fingerprint density at radius 3 is 2.48 bits per heavy atom. The van der Waals surface area contributed by atoms with Crippen molar-refractivity contribution in [3.8, 4) is 0 Å². The molecule has 0 aromatic heterocycles. The third kappa shape index (κ3) is 1.77. The van der Waals surface area contributed by atoms with Crippen LogP contribution in [0.3, 0.4) is 0 Å². The zero-order valence-corrected chi connectivity index (χ0v) is 14.4. The topological polar surface area (TPSA) is 60.2 Å². The third-order valence-electron chi connectivity index (χ3n) is 7.71. The zero-order valence-electron chi connectivity index (χ0n) is 14.4. The van der Waals surface area contributed by atoms with Crippen LogP contribution in [-0.2, 0) is 9.59 Å². The normalized spacial score (nSPS) is 46.2. The second-order valence-corrected chi connectivity index (χ2v) is 8.69. The molecular weight excluding hydrogens is 286 g/mol. The van der Waals surface area contributed by atoms with Gasteiger partial charge in [-0.05, 0) is 66.9 Å². The first-order chi connectivity index (χ1) is 10.8. The molecule has 124 valence electrons. The number of allylic oxidation sites excluding steroid dienone is 4. The maximum atomic E-state index is 12.4. The molecule has 0 heterocycles. The molecule has 2 saturated carbocycles. The molecule has 4 rings (SSSR count). The van der Waals surface area contributed by atoms with Gasteiger partial charge in [0.25, 0.3) is 0 Å². The molecule has 2 N–H and O–H groups in total. The van der Waals surface area contributed by atoms with Crippen molar-refractivity contribution >= 4 is 11.6 Å². The lowest BCUT2D eigenvalue weighted by molar-refractivity contribution is -0.130. The highest BCUT2D eigenvalue weighted by Gasteiger charge is 2.59. The summed E-state index contributed by atoms with van der Waals surface area (Å²) in [5.41, 5.74) is 8.91. The summed E-state index contributed by atoms with van der Waals surface area (Å²) in [6.07, 6.45) is 7.69. The Morgan fingerprint density at radius 1 is 1.04 bits per heavy atom. The number of hydrogen-bond donors (Lipinski definition) is 1. The molecule has 3 heteroatoms. The monoisotopic (exact) mass is 313 g/mol. The van der Waals surface area contributed by atoms with Crippen molar-refractivity contribution in [1.29, 1.82) is 0 Å². The highest BCUT2D eigenvalue weighted by Crippen LogP contribution is 2.64. The van der Waals surface area contributed by atoms with Crippen molar-refractivity contribution < 1.29 is 9.59 Å². The molecular formula is C20H27NO2. The summed E-state index contributed by atoms with van der Waals surface area (Å²) in [5.74, 6) is 2.05. The Morgan fingerprint density at radius 2 is 1.74 bits per heavy atom. The van der Waals surface area contributed by atoms with Gasteiger partial charge in [0.05, 0.1) is 5.70 Å². The van der Waals surface area contributed by atoms with Crippen LogP contribution in [0.4, 0.5) is 0 Å². The predicted octanol–water partition coefficient (Wildman–Crippen LogP) is 3.54. The standard InChI is InChI=1S/C20H27NO2/c1-11-10-12-13-4-5-16(23)19(13,2)8-6-14(12)20(3)9-7-15(22)18(21)17(11)20/h10,12-14H,4-9,21H2,1-3H3/t12-,13-,14-,19-,20+/m0/s1. The van der Waals surface area contributed by atoms with Gasteiger partial charge in [-0.3, -0.25) is 9.59 Å². The quantitative estimate of drug-likeness (QED) is 0.744. The van der Waals surface area contributed by atoms with E-state index < -0.39 is 0 Å². The lowest BCUT2D eigenvalue weighted by atomic mass is 9.48. The molecule has 0 spiro atoms. The van der Waals surface area contributed by atoms with Crippen LogP contribution in [0.25, 0.3) is 0 Å². The predicted molar refractivity (Wildman–Crippen MR) is 89.4 cm³/mol. The molecule has 3 nitrogen and oxygen atoms in total. The largest absolute Gasteiger partial charge is 0.396 e. The summed E-state index contributed by atoms with van der Waals surface area (Å²) in [4.78, 5) is 24.6. The van der Waals surface area contributed by atoms with E-state index in [0.29, 0.717) is 35.7 Å². The summed E-state index contributed by atoms with van der Waals surface area (Å²) >= 11 is 0. The summed E-state index contributed by atoms with van der Waals surface area (Å²) in [7, 11) is 0. The molecule has 2 fully saturated rings. The van der Waals surface area contributed by atoms with E-state index in [4.69, 9.17) is 5.73 Å². The molecule has 0 saturated heterocycles. The molecule has 0 amide bonds. The maximum absolute atomic E-state index is 12.4. The van der Waals surface area contributed by atoms with Crippen LogP contribution in [0.5, 0.6) is 0 Å². The molecule has 0 bridgehead atoms. The Kier molecular flexibility index (Phi) is 3.02. The fraction of sp³-hybridized carbons (Fsp3) is 0.700. The first-order valence-electron chi connectivity index (χ1n) is 9.04. The summed E-state index contributed by atoms with van der Waals surface area (Å²) in [6.45, 7) is 6.62. The lowest BCUT2D eigenvalue weighted by Crippen LogP contribution is -2.50. The molecule has 0 aliphatic heterocycles. The number of nitrogens with two attached hydrogens (primary N) is 1. The number of carbonyl (C=O) groups excluding carboxylic acids is 2. The molecule has 4 aliphatic rings. The number of fused-ring (bicyclic) bond motifs is 5. The maximum Gasteiger partial charge on any atom is 0.178 e. The van der Waals surface area contributed by atoms with E-state index in [0.717, 1.165) is 37.7 Å². The Bertz CT molecular complexity index is 673. The van der Waals surface area contributed by atoms with Crippen molar-refractivity contribution in [2.45, 2.75) is 59.3 Å². The highest BCUT2D eigenvalue weighted by atomic mass is 16.1. The molecule has 23 heavy (non-hydrogen) atoms. The first-order valence-corrected chi connectivity index (χ1v) is 9.04. The van der Waals surface area contributed by atoms with Crippen LogP contribution in [0, 0.1) is 28.6 Å². The summed E-state index contributed by atoms with van der Waals surface area (Å²) in [5, 5.41) is 0. The van der Waals surface area contributed by atoms with Crippen molar-refractivity contribution in [2.75, 3.05) is 0 Å². The van der Waals surface area contributed by atoms with E-state index in [1.807, 2.05) is 0 Å². The van der Waals surface area contributed by atoms with Crippen LogP contribution < -0.4 is 5.73 Å². The second kappa shape index (κ2) is 4.58. The minimum Gasteiger partial charge on any atom is -0.396 e. The van der Waals surface area contributed by atoms with Gasteiger partial charge in [-0.2, -0.15) is 0 Å². The van der Waals surface area contributed by atoms with Crippen LogP contribution in [0.1, 0.15) is 59.3 Å². The smallest absolute Gasteiger partial charge is 0.178 e. The average Bonchev–Trinajstić information content (AvgIpc) is 2.79. The second-order valence-electron chi connectivity index (χ2n) is 8.69. The van der Waals surface area contributed by atoms with Gasteiger partial charge in [0.2, 0.25) is 0 Å². The van der Waals surface area contributed by atoms with E-state index in [1.54, 1.807) is 0 Å². The van der Waals surface area contributed by atoms with Gasteiger partial charge < -0.3 is 5.73 Å². The third-order valence-corrected chi connectivity index (χ3v) is 7.71. The van der Waals surface area contributed by atoms with E-state index in [2.05, 4.69) is 26.8 Å². The average molecular weight is 313 g/mol. The van der Waals surface area contributed by atoms with Gasteiger partial charge in [0, 0.05) is 18.3 Å². The van der Waals surface area contributed by atoms with Crippen molar-refractivity contribution in [3.05, 3.63) is 22.9 Å². The van der Waals surface area contributed by atoms with Crippen molar-refractivity contribution in [2.24, 2.45) is 34.3 Å². The summed E-state index contributed by atoms with van der Waals surface area (Å²) in [6, 6.07) is 0. The van der Waals surface area contributed by atoms with Crippen LogP contribution >= 0.6 is 0 Å². The van der Waals surface area contributed by atoms with E-state index in [1.165, 1.54) is 5.57 Å². The van der Waals surface area contributed by atoms with Crippen molar-refractivity contribution in [1.82, 2.24) is 0 Å². The Labute approximate surface area is 138 Å². The van der Waals surface area contributed by atoms with E-state index in [-0.39, 0.29) is 16.6 Å². The van der Waals surface area contributed by atoms with Gasteiger partial charge in [0.1, 0.15) is 5.78 Å². The number of Topliss-reactive ketones (excluding diaryl/α,β-unsaturated/α-hetero) is 2. The number of carbonyl (C=O) groups is 2. The Hall–Kier alpha value is -1.38. The van der Waals surface area contributed by atoms with Crippen molar-refractivity contribution in [3.63, 3.8) is 0 Å². The molecule has 0 aromatic carbocycles. The minimum atomic E-state index is -0.119. The van der Waals surface area contributed by atoms with Gasteiger partial charge in [0.15, 0.2) is 5.78 Å². The van der Waals surface area contributed by atoms with E-state index in [9.17, 15) is 9.59 Å². The first kappa shape index (κ1) is 15.2. The van der Waals surface area contributed by atoms with Gasteiger partial charge in [-0.25, -0.2) is 0 Å². The minimum absolute atomic E-state index is 0.00839. The van der Waals surface area contributed by atoms with Gasteiger partial charge in [-0.15, -0.1) is 0 Å². The van der Waals surface area contributed by atoms with Gasteiger partial charge >= 0.3 is 0 Å². The summed E-state index contributed by atoms with van der Waals surface area (Å²) < 4.78 is 0. The SMILES string of the molecule is CC1=C[C@@H]2[C@H](CC[C@]3(C)C(=O)CC[C@@H]23)[C@@]2(C)CCC(=O)C(N)=C12. The van der Waals surface area contributed by atoms with Crippen LogP contribution in [-0.4, -0.2) is 11.6 Å². The van der Waals surface area contributed by atoms with Crippen LogP contribution in [0.15, 0.2) is 22.9 Å². The fourth-order valence-electron chi connectivity index (χ4n) is 6.43. The number of rotatable bonds is 0. The number of hydrogen-bond acceptors (Lipinski definition) is 3. The fourth-order valence-corrected chi connectivity index (χ4v) is 6.43.